The lowest BCUT2D eigenvalue weighted by Crippen LogP contribution is -2.21. The molecule has 0 atom stereocenters. The normalized spacial score (nSPS) is 10.3. The molecule has 0 heterocycles. The molecule has 0 bridgehead atoms. The molecule has 2 aromatic carbocycles. The summed E-state index contributed by atoms with van der Waals surface area (Å²) in [5.74, 6) is 0. The van der Waals surface area contributed by atoms with Gasteiger partial charge in [-0.15, -0.1) is 0 Å². The molecule has 20 heavy (non-hydrogen) atoms. The fourth-order valence-electron chi connectivity index (χ4n) is 2.13. The molecule has 0 aliphatic rings. The minimum Gasteiger partial charge on any atom is -0.389 e. The first-order valence-electron chi connectivity index (χ1n) is 6.34. The second-order valence-electron chi connectivity index (χ2n) is 4.84. The molecule has 2 N–H and O–H groups in total. The maximum Gasteiger partial charge on any atom is 0.107 e. The van der Waals surface area contributed by atoms with Gasteiger partial charge in [-0.1, -0.05) is 59.7 Å². The van der Waals surface area contributed by atoms with Crippen molar-refractivity contribution in [2.24, 2.45) is 5.73 Å². The minimum absolute atomic E-state index is 0.321. The molecule has 4 heteroatoms. The molecule has 0 saturated carbocycles. The van der Waals surface area contributed by atoms with Gasteiger partial charge in [0.05, 0.1) is 10.6 Å². The predicted octanol–water partition coefficient (Wildman–Crippen LogP) is 3.92. The van der Waals surface area contributed by atoms with Gasteiger partial charge in [-0.25, -0.2) is 0 Å². The average Bonchev–Trinajstić information content (AvgIpc) is 2.40. The Balaban J connectivity index is 2.29. The van der Waals surface area contributed by atoms with E-state index in [1.165, 1.54) is 11.1 Å². The Morgan fingerprint density at radius 2 is 1.85 bits per heavy atom. The van der Waals surface area contributed by atoms with Gasteiger partial charge in [-0.2, -0.15) is 0 Å². The number of hydrogen-bond acceptors (Lipinski definition) is 2. The number of benzene rings is 2. The second kappa shape index (κ2) is 6.25. The quantitative estimate of drug-likeness (QED) is 0.868. The van der Waals surface area contributed by atoms with E-state index in [1.54, 1.807) is 6.07 Å². The summed E-state index contributed by atoms with van der Waals surface area (Å²) in [6.45, 7) is 2.85. The van der Waals surface area contributed by atoms with Crippen LogP contribution >= 0.6 is 23.8 Å². The lowest BCUT2D eigenvalue weighted by molar-refractivity contribution is 0.921. The van der Waals surface area contributed by atoms with E-state index in [1.807, 2.05) is 19.2 Å². The number of rotatable bonds is 4. The van der Waals surface area contributed by atoms with Crippen LogP contribution in [0.3, 0.4) is 0 Å². The zero-order chi connectivity index (χ0) is 14.7. The second-order valence-corrected chi connectivity index (χ2v) is 5.69. The van der Waals surface area contributed by atoms with E-state index in [0.717, 1.165) is 17.8 Å². The molecule has 0 unspecified atom stereocenters. The predicted molar refractivity (Wildman–Crippen MR) is 90.6 cm³/mol. The van der Waals surface area contributed by atoms with Crippen molar-refractivity contribution in [1.82, 2.24) is 0 Å². The number of aryl methyl sites for hydroxylation is 1. The molecule has 2 rings (SSSR count). The lowest BCUT2D eigenvalue weighted by Gasteiger charge is -2.23. The SMILES string of the molecule is Cc1ccc(CN(C)c2cccc(Cl)c2C(N)=S)cc1. The van der Waals surface area contributed by atoms with Crippen molar-refractivity contribution >= 4 is 34.5 Å². The molecule has 104 valence electrons. The largest absolute Gasteiger partial charge is 0.389 e. The Bertz CT molecular complexity index is 623. The Morgan fingerprint density at radius 1 is 1.20 bits per heavy atom. The maximum absolute atomic E-state index is 6.20. The Kier molecular flexibility index (Phi) is 4.63. The van der Waals surface area contributed by atoms with Gasteiger partial charge in [0.25, 0.3) is 0 Å². The van der Waals surface area contributed by atoms with Crippen molar-refractivity contribution < 1.29 is 0 Å². The van der Waals surface area contributed by atoms with Gasteiger partial charge in [-0.05, 0) is 24.6 Å². The summed E-state index contributed by atoms with van der Waals surface area (Å²) in [5, 5.41) is 0.589. The number of nitrogens with two attached hydrogens (primary N) is 1. The average molecular weight is 305 g/mol. The summed E-state index contributed by atoms with van der Waals surface area (Å²) in [4.78, 5) is 2.42. The third kappa shape index (κ3) is 3.30. The highest BCUT2D eigenvalue weighted by molar-refractivity contribution is 7.80. The monoisotopic (exact) mass is 304 g/mol. The van der Waals surface area contributed by atoms with E-state index in [9.17, 15) is 0 Å². The molecule has 2 aromatic rings. The molecule has 0 saturated heterocycles. The first-order valence-corrected chi connectivity index (χ1v) is 7.12. The van der Waals surface area contributed by atoms with Gasteiger partial charge >= 0.3 is 0 Å². The van der Waals surface area contributed by atoms with E-state index in [0.29, 0.717) is 10.0 Å². The number of nitrogens with zero attached hydrogens (tertiary/aromatic N) is 1. The zero-order valence-electron chi connectivity index (χ0n) is 11.6. The summed E-state index contributed by atoms with van der Waals surface area (Å²) in [6, 6.07) is 14.2. The third-order valence-corrected chi connectivity index (χ3v) is 3.71. The molecule has 0 aliphatic heterocycles. The van der Waals surface area contributed by atoms with Crippen LogP contribution in [-0.2, 0) is 6.54 Å². The van der Waals surface area contributed by atoms with Crippen LogP contribution in [0.5, 0.6) is 0 Å². The minimum atomic E-state index is 0.321. The van der Waals surface area contributed by atoms with Gasteiger partial charge in [0, 0.05) is 19.3 Å². The highest BCUT2D eigenvalue weighted by atomic mass is 35.5. The zero-order valence-corrected chi connectivity index (χ0v) is 13.1. The molecule has 0 radical (unpaired) electrons. The first-order chi connectivity index (χ1) is 9.49. The van der Waals surface area contributed by atoms with Crippen LogP contribution in [0.4, 0.5) is 5.69 Å². The molecule has 0 fully saturated rings. The van der Waals surface area contributed by atoms with Gasteiger partial charge in [0.2, 0.25) is 0 Å². The maximum atomic E-state index is 6.20. The van der Waals surface area contributed by atoms with Crippen molar-refractivity contribution in [3.05, 3.63) is 64.2 Å². The number of hydrogen-bond donors (Lipinski definition) is 1. The number of halogens is 1. The Morgan fingerprint density at radius 3 is 2.45 bits per heavy atom. The molecule has 0 amide bonds. The third-order valence-electron chi connectivity index (χ3n) is 3.19. The van der Waals surface area contributed by atoms with Gasteiger partial charge in [0.1, 0.15) is 4.99 Å². The van der Waals surface area contributed by atoms with E-state index < -0.39 is 0 Å². The van der Waals surface area contributed by atoms with Crippen LogP contribution in [0.15, 0.2) is 42.5 Å². The first kappa shape index (κ1) is 14.8. The van der Waals surface area contributed by atoms with E-state index in [2.05, 4.69) is 36.1 Å². The van der Waals surface area contributed by atoms with Crippen LogP contribution in [0.2, 0.25) is 5.02 Å². The van der Waals surface area contributed by atoms with Gasteiger partial charge in [-0.3, -0.25) is 0 Å². The van der Waals surface area contributed by atoms with Crippen molar-refractivity contribution in [3.8, 4) is 0 Å². The van der Waals surface area contributed by atoms with Crippen LogP contribution < -0.4 is 10.6 Å². The number of anilines is 1. The summed E-state index contributed by atoms with van der Waals surface area (Å²) < 4.78 is 0. The smallest absolute Gasteiger partial charge is 0.107 e. The molecule has 2 nitrogen and oxygen atoms in total. The number of thiocarbonyl (C=S) groups is 1. The Hall–Kier alpha value is -1.58. The standard InChI is InChI=1S/C16H17ClN2S/c1-11-6-8-12(9-7-11)10-19(2)14-5-3-4-13(17)15(14)16(18)20/h3-9H,10H2,1-2H3,(H2,18,20). The van der Waals surface area contributed by atoms with Crippen LogP contribution in [-0.4, -0.2) is 12.0 Å². The van der Waals surface area contributed by atoms with Crippen LogP contribution in [0.1, 0.15) is 16.7 Å². The summed E-state index contributed by atoms with van der Waals surface area (Å²) in [5.41, 5.74) is 9.95. The lowest BCUT2D eigenvalue weighted by atomic mass is 10.1. The molecule has 0 spiro atoms. The van der Waals surface area contributed by atoms with Crippen molar-refractivity contribution in [3.63, 3.8) is 0 Å². The Labute approximate surface area is 130 Å². The van der Waals surface area contributed by atoms with E-state index in [-0.39, 0.29) is 0 Å². The van der Waals surface area contributed by atoms with Crippen molar-refractivity contribution in [2.45, 2.75) is 13.5 Å². The molecular weight excluding hydrogens is 288 g/mol. The van der Waals surface area contributed by atoms with E-state index >= 15 is 0 Å². The summed E-state index contributed by atoms with van der Waals surface area (Å²) >= 11 is 11.3. The highest BCUT2D eigenvalue weighted by Gasteiger charge is 2.13. The topological polar surface area (TPSA) is 29.3 Å². The van der Waals surface area contributed by atoms with Crippen LogP contribution in [0.25, 0.3) is 0 Å². The summed E-state index contributed by atoms with van der Waals surface area (Å²) in [7, 11) is 2.01. The highest BCUT2D eigenvalue weighted by Crippen LogP contribution is 2.27. The van der Waals surface area contributed by atoms with Gasteiger partial charge < -0.3 is 10.6 Å². The van der Waals surface area contributed by atoms with Gasteiger partial charge in [0.15, 0.2) is 0 Å². The van der Waals surface area contributed by atoms with E-state index in [4.69, 9.17) is 29.6 Å². The fourth-order valence-corrected chi connectivity index (χ4v) is 2.67. The fraction of sp³-hybridized carbons (Fsp3) is 0.188. The van der Waals surface area contributed by atoms with Crippen molar-refractivity contribution in [1.29, 1.82) is 0 Å². The van der Waals surface area contributed by atoms with Crippen molar-refractivity contribution in [2.75, 3.05) is 11.9 Å². The molecule has 0 aromatic heterocycles. The summed E-state index contributed by atoms with van der Waals surface area (Å²) in [6.07, 6.45) is 0. The molecule has 0 aliphatic carbocycles. The van der Waals surface area contributed by atoms with Crippen LogP contribution in [0, 0.1) is 6.92 Å². The molecular formula is C16H17ClN2S.